The van der Waals surface area contributed by atoms with Crippen LogP contribution < -0.4 is 14.8 Å². The summed E-state index contributed by atoms with van der Waals surface area (Å²) in [7, 11) is 3.23. The number of rotatable bonds is 6. The topological polar surface area (TPSA) is 47.6 Å². The first-order chi connectivity index (χ1) is 11.4. The molecule has 2 aromatic rings. The van der Waals surface area contributed by atoms with Crippen molar-refractivity contribution >= 4 is 17.2 Å². The lowest BCUT2D eigenvalue weighted by Gasteiger charge is -2.19. The van der Waals surface area contributed by atoms with Crippen molar-refractivity contribution < 1.29 is 14.3 Å². The Morgan fingerprint density at radius 2 is 1.75 bits per heavy atom. The van der Waals surface area contributed by atoms with Crippen molar-refractivity contribution in [3.05, 3.63) is 44.6 Å². The van der Waals surface area contributed by atoms with Crippen molar-refractivity contribution in [1.82, 2.24) is 5.32 Å². The van der Waals surface area contributed by atoms with Gasteiger partial charge in [0.05, 0.1) is 25.1 Å². The van der Waals surface area contributed by atoms with Gasteiger partial charge in [-0.3, -0.25) is 4.79 Å². The van der Waals surface area contributed by atoms with Gasteiger partial charge >= 0.3 is 0 Å². The van der Waals surface area contributed by atoms with Gasteiger partial charge in [-0.2, -0.15) is 0 Å². The number of benzene rings is 1. The van der Waals surface area contributed by atoms with Gasteiger partial charge in [-0.1, -0.05) is 6.92 Å². The fraction of sp³-hybridized carbons (Fsp3) is 0.421. The fourth-order valence-electron chi connectivity index (χ4n) is 2.79. The van der Waals surface area contributed by atoms with Gasteiger partial charge in [0.2, 0.25) is 0 Å². The number of hydrogen-bond acceptors (Lipinski definition) is 4. The van der Waals surface area contributed by atoms with E-state index in [1.807, 2.05) is 39.0 Å². The van der Waals surface area contributed by atoms with E-state index in [1.165, 1.54) is 10.4 Å². The first kappa shape index (κ1) is 18.3. The van der Waals surface area contributed by atoms with Crippen molar-refractivity contribution in [1.29, 1.82) is 0 Å². The lowest BCUT2D eigenvalue weighted by atomic mass is 10.0. The molecule has 4 nitrogen and oxygen atoms in total. The monoisotopic (exact) mass is 347 g/mol. The summed E-state index contributed by atoms with van der Waals surface area (Å²) in [5.41, 5.74) is 3.25. The highest BCUT2D eigenvalue weighted by Gasteiger charge is 2.18. The van der Waals surface area contributed by atoms with Gasteiger partial charge in [0.15, 0.2) is 11.5 Å². The zero-order valence-electron chi connectivity index (χ0n) is 15.1. The molecule has 1 heterocycles. The van der Waals surface area contributed by atoms with Crippen molar-refractivity contribution in [3.8, 4) is 11.5 Å². The van der Waals surface area contributed by atoms with Gasteiger partial charge in [-0.25, -0.2) is 0 Å². The van der Waals surface area contributed by atoms with E-state index in [4.69, 9.17) is 9.47 Å². The van der Waals surface area contributed by atoms with Gasteiger partial charge in [0.1, 0.15) is 0 Å². The maximum atomic E-state index is 12.5. The van der Waals surface area contributed by atoms with Crippen LogP contribution in [0, 0.1) is 13.8 Å². The van der Waals surface area contributed by atoms with E-state index in [1.54, 1.807) is 25.6 Å². The van der Waals surface area contributed by atoms with E-state index in [2.05, 4.69) is 12.2 Å². The quantitative estimate of drug-likeness (QED) is 0.840. The molecule has 130 valence electrons. The molecule has 0 aliphatic heterocycles. The molecule has 1 aromatic heterocycles. The fourth-order valence-corrected chi connectivity index (χ4v) is 3.81. The molecular formula is C19H25NO3S. The first-order valence-corrected chi connectivity index (χ1v) is 8.85. The SMILES string of the molecule is CCc1sc(C(=O)NC(C)c2cc(OC)c(OC)cc2C)cc1C. The molecule has 0 spiro atoms. The smallest absolute Gasteiger partial charge is 0.261 e. The Morgan fingerprint density at radius 1 is 1.12 bits per heavy atom. The Labute approximate surface area is 147 Å². The van der Waals surface area contributed by atoms with Gasteiger partial charge in [0, 0.05) is 4.88 Å². The minimum absolute atomic E-state index is 0.0375. The number of carbonyl (C=O) groups excluding carboxylic acids is 1. The zero-order chi connectivity index (χ0) is 17.9. The Balaban J connectivity index is 2.22. The van der Waals surface area contributed by atoms with E-state index >= 15 is 0 Å². The van der Waals surface area contributed by atoms with Crippen molar-refractivity contribution in [3.63, 3.8) is 0 Å². The molecule has 1 aromatic carbocycles. The van der Waals surface area contributed by atoms with E-state index in [9.17, 15) is 4.79 Å². The molecule has 1 atom stereocenters. The highest BCUT2D eigenvalue weighted by Crippen LogP contribution is 2.33. The summed E-state index contributed by atoms with van der Waals surface area (Å²) in [6, 6.07) is 5.70. The number of ether oxygens (including phenoxy) is 2. The molecule has 0 radical (unpaired) electrons. The molecule has 0 aliphatic carbocycles. The van der Waals surface area contributed by atoms with Crippen LogP contribution in [0.15, 0.2) is 18.2 Å². The molecule has 0 fully saturated rings. The maximum absolute atomic E-state index is 12.5. The molecule has 0 saturated heterocycles. The largest absolute Gasteiger partial charge is 0.493 e. The van der Waals surface area contributed by atoms with Crippen molar-refractivity contribution in [2.45, 2.75) is 40.2 Å². The molecule has 1 N–H and O–H groups in total. The van der Waals surface area contributed by atoms with Crippen LogP contribution >= 0.6 is 11.3 Å². The normalized spacial score (nSPS) is 11.9. The third-order valence-corrected chi connectivity index (χ3v) is 5.53. The van der Waals surface area contributed by atoms with E-state index < -0.39 is 0 Å². The van der Waals surface area contributed by atoms with Crippen LogP contribution in [0.5, 0.6) is 11.5 Å². The number of hydrogen-bond donors (Lipinski definition) is 1. The molecule has 2 rings (SSSR count). The molecule has 1 unspecified atom stereocenters. The Kier molecular flexibility index (Phi) is 5.89. The Hall–Kier alpha value is -2.01. The van der Waals surface area contributed by atoms with Crippen molar-refractivity contribution in [2.24, 2.45) is 0 Å². The van der Waals surface area contributed by atoms with Gasteiger partial charge in [0.25, 0.3) is 5.91 Å². The molecule has 0 saturated carbocycles. The third-order valence-electron chi connectivity index (χ3n) is 4.15. The summed E-state index contributed by atoms with van der Waals surface area (Å²) < 4.78 is 10.7. The maximum Gasteiger partial charge on any atom is 0.261 e. The summed E-state index contributed by atoms with van der Waals surface area (Å²) in [4.78, 5) is 14.6. The van der Waals surface area contributed by atoms with Crippen LogP contribution in [-0.2, 0) is 6.42 Å². The highest BCUT2D eigenvalue weighted by atomic mass is 32.1. The number of methoxy groups -OCH3 is 2. The van der Waals surface area contributed by atoms with Gasteiger partial charge in [-0.15, -0.1) is 11.3 Å². The summed E-state index contributed by atoms with van der Waals surface area (Å²) in [5, 5.41) is 3.08. The van der Waals surface area contributed by atoms with Crippen molar-refractivity contribution in [2.75, 3.05) is 14.2 Å². The van der Waals surface area contributed by atoms with Crippen LogP contribution in [-0.4, -0.2) is 20.1 Å². The van der Waals surface area contributed by atoms with Crippen LogP contribution in [0.25, 0.3) is 0 Å². The van der Waals surface area contributed by atoms with E-state index in [0.717, 1.165) is 22.4 Å². The van der Waals surface area contributed by atoms with Gasteiger partial charge in [-0.05, 0) is 62.1 Å². The highest BCUT2D eigenvalue weighted by molar-refractivity contribution is 7.14. The average molecular weight is 347 g/mol. The third kappa shape index (κ3) is 3.73. The molecule has 5 heteroatoms. The van der Waals surface area contributed by atoms with Crippen LogP contribution in [0.1, 0.15) is 51.1 Å². The van der Waals surface area contributed by atoms with Crippen LogP contribution in [0.4, 0.5) is 0 Å². The Morgan fingerprint density at radius 3 is 2.29 bits per heavy atom. The predicted octanol–water partition coefficient (Wildman–Crippen LogP) is 4.44. The summed E-state index contributed by atoms with van der Waals surface area (Å²) in [5.74, 6) is 1.32. The summed E-state index contributed by atoms with van der Waals surface area (Å²) in [6.45, 7) is 8.14. The van der Waals surface area contributed by atoms with E-state index in [0.29, 0.717) is 11.5 Å². The molecule has 0 aliphatic rings. The Bertz CT molecular complexity index is 736. The van der Waals surface area contributed by atoms with Crippen LogP contribution in [0.2, 0.25) is 0 Å². The van der Waals surface area contributed by atoms with Gasteiger partial charge < -0.3 is 14.8 Å². The number of nitrogens with one attached hydrogen (secondary N) is 1. The zero-order valence-corrected chi connectivity index (χ0v) is 16.0. The standard InChI is InChI=1S/C19H25NO3S/c1-7-17-12(3)9-18(24-17)19(21)20-13(4)14-10-16(23-6)15(22-5)8-11(14)2/h8-10,13H,7H2,1-6H3,(H,20,21). The second kappa shape index (κ2) is 7.71. The first-order valence-electron chi connectivity index (χ1n) is 8.03. The number of aryl methyl sites for hydroxylation is 3. The predicted molar refractivity (Wildman–Crippen MR) is 98.6 cm³/mol. The summed E-state index contributed by atoms with van der Waals surface area (Å²) in [6.07, 6.45) is 0.953. The molecule has 1 amide bonds. The minimum Gasteiger partial charge on any atom is -0.493 e. The number of thiophene rings is 1. The number of carbonyl (C=O) groups is 1. The lowest BCUT2D eigenvalue weighted by molar-refractivity contribution is 0.0944. The number of amides is 1. The summed E-state index contributed by atoms with van der Waals surface area (Å²) >= 11 is 1.57. The molecule has 0 bridgehead atoms. The minimum atomic E-state index is -0.121. The second-order valence-corrected chi connectivity index (χ2v) is 6.97. The van der Waals surface area contributed by atoms with Crippen LogP contribution in [0.3, 0.4) is 0 Å². The second-order valence-electron chi connectivity index (χ2n) is 5.83. The molecular weight excluding hydrogens is 322 g/mol. The average Bonchev–Trinajstić information content (AvgIpc) is 2.95. The molecule has 24 heavy (non-hydrogen) atoms. The van der Waals surface area contributed by atoms with E-state index in [-0.39, 0.29) is 11.9 Å². The lowest BCUT2D eigenvalue weighted by Crippen LogP contribution is -2.26.